The molecule has 1 rings (SSSR count). The van der Waals surface area contributed by atoms with Crippen LogP contribution in [-0.4, -0.2) is 67.4 Å². The number of hydrogen-bond donors (Lipinski definition) is 0. The van der Waals surface area contributed by atoms with Crippen molar-refractivity contribution in [2.45, 2.75) is 89.9 Å². The smallest absolute Gasteiger partial charge is 0.410 e. The Balaban J connectivity index is 2.08. The van der Waals surface area contributed by atoms with Crippen LogP contribution in [0.4, 0.5) is 4.79 Å². The molecule has 0 unspecified atom stereocenters. The quantitative estimate of drug-likeness (QED) is 0.378. The molecule has 1 fully saturated rings. The van der Waals surface area contributed by atoms with Crippen LogP contribution in [0.2, 0.25) is 0 Å². The first-order chi connectivity index (χ1) is 12.7. The van der Waals surface area contributed by atoms with Crippen molar-refractivity contribution in [3.63, 3.8) is 0 Å². The summed E-state index contributed by atoms with van der Waals surface area (Å²) >= 11 is 0. The van der Waals surface area contributed by atoms with E-state index in [2.05, 4.69) is 18.5 Å². The normalized spacial score (nSPS) is 20.5. The van der Waals surface area contributed by atoms with Crippen LogP contribution >= 0.6 is 0 Å². The topological polar surface area (TPSA) is 42.0 Å². The summed E-state index contributed by atoms with van der Waals surface area (Å²) in [4.78, 5) is 16.3. The van der Waals surface area contributed by atoms with E-state index in [1.165, 1.54) is 19.3 Å². The molecule has 0 radical (unpaired) electrons. The second-order valence-corrected chi connectivity index (χ2v) is 8.86. The van der Waals surface area contributed by atoms with Gasteiger partial charge < -0.3 is 19.3 Å². The molecule has 5 heteroatoms. The number of hydrogen-bond acceptors (Lipinski definition) is 4. The predicted molar refractivity (Wildman–Crippen MR) is 112 cm³/mol. The predicted octanol–water partition coefficient (Wildman–Crippen LogP) is 4.86. The third-order valence-electron chi connectivity index (χ3n) is 5.10. The van der Waals surface area contributed by atoms with E-state index < -0.39 is 5.60 Å². The molecule has 0 aromatic carbocycles. The monoisotopic (exact) mass is 382 g/mol. The van der Waals surface area contributed by atoms with E-state index in [1.807, 2.05) is 33.9 Å². The maximum Gasteiger partial charge on any atom is 0.410 e. The molecule has 0 bridgehead atoms. The zero-order valence-corrected chi connectivity index (χ0v) is 18.3. The Labute approximate surface area is 167 Å². The van der Waals surface area contributed by atoms with Crippen LogP contribution in [0.25, 0.3) is 0 Å². The van der Waals surface area contributed by atoms with Crippen LogP contribution in [-0.2, 0) is 9.47 Å². The van der Waals surface area contributed by atoms with E-state index in [-0.39, 0.29) is 12.1 Å². The number of carbonyl (C=O) groups excluding carboxylic acids is 1. The van der Waals surface area contributed by atoms with E-state index in [9.17, 15) is 4.79 Å². The number of carbonyl (C=O) groups is 1. The van der Waals surface area contributed by atoms with Crippen molar-refractivity contribution in [1.82, 2.24) is 9.80 Å². The number of amides is 1. The zero-order valence-electron chi connectivity index (χ0n) is 18.3. The fraction of sp³-hybridized carbons (Fsp3) is 0.864. The summed E-state index contributed by atoms with van der Waals surface area (Å²) in [6, 6.07) is 0.271. The van der Waals surface area contributed by atoms with E-state index in [0.717, 1.165) is 51.8 Å². The second kappa shape index (κ2) is 12.4. The molecular weight excluding hydrogens is 340 g/mol. The van der Waals surface area contributed by atoms with Gasteiger partial charge >= 0.3 is 6.09 Å². The minimum atomic E-state index is -0.438. The highest BCUT2D eigenvalue weighted by molar-refractivity contribution is 5.68. The Bertz CT molecular complexity index is 426. The van der Waals surface area contributed by atoms with Crippen molar-refractivity contribution in [3.8, 4) is 0 Å². The summed E-state index contributed by atoms with van der Waals surface area (Å²) in [5.41, 5.74) is -0.438. The van der Waals surface area contributed by atoms with Gasteiger partial charge in [0, 0.05) is 26.2 Å². The van der Waals surface area contributed by atoms with Gasteiger partial charge in [0.05, 0.1) is 6.10 Å². The largest absolute Gasteiger partial charge is 0.444 e. The lowest BCUT2D eigenvalue weighted by atomic mass is 9.92. The molecule has 1 saturated carbocycles. The molecule has 0 saturated heterocycles. The first-order valence-electron chi connectivity index (χ1n) is 10.6. The van der Waals surface area contributed by atoms with Gasteiger partial charge in [0.25, 0.3) is 0 Å². The molecule has 0 spiro atoms. The molecule has 1 aliphatic rings. The molecule has 1 aliphatic carbocycles. The summed E-state index contributed by atoms with van der Waals surface area (Å²) in [5, 5.41) is 0. The molecule has 0 aliphatic heterocycles. The SMILES string of the molecule is C=CCN(C)CCCCCCO[C@H]1CC[C@H](N(C)C(=O)OC(C)(C)C)CC1. The molecule has 1 amide bonds. The van der Waals surface area contributed by atoms with Crippen LogP contribution in [0.1, 0.15) is 72.1 Å². The van der Waals surface area contributed by atoms with Crippen LogP contribution in [0.3, 0.4) is 0 Å². The van der Waals surface area contributed by atoms with E-state index in [0.29, 0.717) is 6.10 Å². The van der Waals surface area contributed by atoms with Gasteiger partial charge in [-0.1, -0.05) is 18.9 Å². The lowest BCUT2D eigenvalue weighted by Crippen LogP contribution is -2.43. The number of rotatable bonds is 11. The van der Waals surface area contributed by atoms with E-state index in [1.54, 1.807) is 4.90 Å². The Morgan fingerprint density at radius 2 is 1.70 bits per heavy atom. The van der Waals surface area contributed by atoms with Gasteiger partial charge in [-0.2, -0.15) is 0 Å². The summed E-state index contributed by atoms with van der Waals surface area (Å²) in [6.07, 6.45) is 11.0. The Hall–Kier alpha value is -1.07. The summed E-state index contributed by atoms with van der Waals surface area (Å²) < 4.78 is 11.5. The zero-order chi connectivity index (χ0) is 20.3. The number of unbranched alkanes of at least 4 members (excludes halogenated alkanes) is 3. The summed E-state index contributed by atoms with van der Waals surface area (Å²) in [6.45, 7) is 12.5. The van der Waals surface area contributed by atoms with Crippen molar-refractivity contribution in [1.29, 1.82) is 0 Å². The lowest BCUT2D eigenvalue weighted by Gasteiger charge is -2.35. The Morgan fingerprint density at radius 1 is 1.07 bits per heavy atom. The molecule has 5 nitrogen and oxygen atoms in total. The maximum absolute atomic E-state index is 12.2. The van der Waals surface area contributed by atoms with Crippen LogP contribution in [0.15, 0.2) is 12.7 Å². The minimum Gasteiger partial charge on any atom is -0.444 e. The first kappa shape index (κ1) is 24.0. The van der Waals surface area contributed by atoms with Crippen LogP contribution in [0, 0.1) is 0 Å². The van der Waals surface area contributed by atoms with Gasteiger partial charge in [0.2, 0.25) is 0 Å². The van der Waals surface area contributed by atoms with Gasteiger partial charge in [-0.05, 0) is 72.9 Å². The fourth-order valence-corrected chi connectivity index (χ4v) is 3.48. The highest BCUT2D eigenvalue weighted by Crippen LogP contribution is 2.25. The fourth-order valence-electron chi connectivity index (χ4n) is 3.48. The number of likely N-dealkylation sites (N-methyl/N-ethyl adjacent to an activating group) is 1. The van der Waals surface area contributed by atoms with Gasteiger partial charge in [0.1, 0.15) is 5.60 Å². The van der Waals surface area contributed by atoms with E-state index >= 15 is 0 Å². The third kappa shape index (κ3) is 10.7. The van der Waals surface area contributed by atoms with E-state index in [4.69, 9.17) is 9.47 Å². The minimum absolute atomic E-state index is 0.217. The van der Waals surface area contributed by atoms with Crippen molar-refractivity contribution < 1.29 is 14.3 Å². The molecule has 0 N–H and O–H groups in total. The van der Waals surface area contributed by atoms with Crippen molar-refractivity contribution in [2.75, 3.05) is 33.8 Å². The molecule has 0 aromatic rings. The van der Waals surface area contributed by atoms with Crippen molar-refractivity contribution in [3.05, 3.63) is 12.7 Å². The molecular formula is C22H42N2O3. The number of nitrogens with zero attached hydrogens (tertiary/aromatic N) is 2. The molecule has 0 heterocycles. The highest BCUT2D eigenvalue weighted by atomic mass is 16.6. The Kier molecular flexibility index (Phi) is 11.0. The molecule has 0 aromatic heterocycles. The third-order valence-corrected chi connectivity index (χ3v) is 5.10. The summed E-state index contributed by atoms with van der Waals surface area (Å²) in [5.74, 6) is 0. The lowest BCUT2D eigenvalue weighted by molar-refractivity contribution is -0.00583. The van der Waals surface area contributed by atoms with Crippen molar-refractivity contribution >= 4 is 6.09 Å². The van der Waals surface area contributed by atoms with Crippen LogP contribution in [0.5, 0.6) is 0 Å². The first-order valence-corrected chi connectivity index (χ1v) is 10.6. The second-order valence-electron chi connectivity index (χ2n) is 8.86. The van der Waals surface area contributed by atoms with Gasteiger partial charge in [-0.25, -0.2) is 4.79 Å². The van der Waals surface area contributed by atoms with Gasteiger partial charge in [-0.3, -0.25) is 0 Å². The molecule has 158 valence electrons. The van der Waals surface area contributed by atoms with Crippen LogP contribution < -0.4 is 0 Å². The standard InChI is InChI=1S/C22H42N2O3/c1-7-16-23(5)17-10-8-9-11-18-26-20-14-12-19(13-15-20)24(6)21(25)27-22(2,3)4/h7,19-20H,1,8-18H2,2-6H3/t19-,20-. The average Bonchev–Trinajstić information content (AvgIpc) is 2.59. The highest BCUT2D eigenvalue weighted by Gasteiger charge is 2.29. The Morgan fingerprint density at radius 3 is 2.30 bits per heavy atom. The van der Waals surface area contributed by atoms with Crippen molar-refractivity contribution in [2.24, 2.45) is 0 Å². The molecule has 0 atom stereocenters. The number of ether oxygens (including phenoxy) is 2. The van der Waals surface area contributed by atoms with Gasteiger partial charge in [-0.15, -0.1) is 6.58 Å². The average molecular weight is 383 g/mol. The van der Waals surface area contributed by atoms with Gasteiger partial charge in [0.15, 0.2) is 0 Å². The summed E-state index contributed by atoms with van der Waals surface area (Å²) in [7, 11) is 3.99. The maximum atomic E-state index is 12.2. The molecule has 27 heavy (non-hydrogen) atoms.